The lowest BCUT2D eigenvalue weighted by atomic mass is 9.86. The Morgan fingerprint density at radius 3 is 2.42 bits per heavy atom. The normalized spacial score (nSPS) is 24.3. The van der Waals surface area contributed by atoms with Crippen molar-refractivity contribution in [1.82, 2.24) is 4.90 Å². The molecule has 1 aliphatic rings. The summed E-state index contributed by atoms with van der Waals surface area (Å²) in [5.41, 5.74) is 6.93. The molecule has 1 heterocycles. The van der Waals surface area contributed by atoms with Gasteiger partial charge in [-0.1, -0.05) is 30.3 Å². The van der Waals surface area contributed by atoms with Gasteiger partial charge in [0.25, 0.3) is 0 Å². The molecule has 1 saturated heterocycles. The van der Waals surface area contributed by atoms with E-state index in [1.54, 1.807) is 0 Å². The van der Waals surface area contributed by atoms with Crippen LogP contribution < -0.4 is 5.73 Å². The summed E-state index contributed by atoms with van der Waals surface area (Å²) in [6, 6.07) is 8.96. The van der Waals surface area contributed by atoms with Gasteiger partial charge < -0.3 is 10.6 Å². The van der Waals surface area contributed by atoms with Crippen molar-refractivity contribution in [2.45, 2.75) is 24.6 Å². The summed E-state index contributed by atoms with van der Waals surface area (Å²) in [5, 5.41) is 0. The van der Waals surface area contributed by atoms with Crippen molar-refractivity contribution in [2.24, 2.45) is 5.73 Å². The van der Waals surface area contributed by atoms with Crippen molar-refractivity contribution in [3.8, 4) is 0 Å². The molecule has 0 radical (unpaired) electrons. The highest BCUT2D eigenvalue weighted by atomic mass is 19.4. The number of carbonyl (C=O) groups is 1. The van der Waals surface area contributed by atoms with Gasteiger partial charge in [-0.25, -0.2) is 0 Å². The van der Waals surface area contributed by atoms with E-state index in [-0.39, 0.29) is 19.0 Å². The molecule has 1 fully saturated rings. The number of hydrogen-bond donors (Lipinski definition) is 1. The third-order valence-corrected chi connectivity index (χ3v) is 3.42. The Morgan fingerprint density at radius 1 is 1.26 bits per heavy atom. The molecule has 3 nitrogen and oxygen atoms in total. The molecule has 1 aliphatic heterocycles. The van der Waals surface area contributed by atoms with E-state index in [9.17, 15) is 18.0 Å². The van der Waals surface area contributed by atoms with E-state index < -0.39 is 18.1 Å². The number of amides is 1. The van der Waals surface area contributed by atoms with Crippen LogP contribution in [0.4, 0.5) is 13.2 Å². The van der Waals surface area contributed by atoms with Crippen LogP contribution in [0, 0.1) is 0 Å². The predicted octanol–water partition coefficient (Wildman–Crippen LogP) is 1.89. The van der Waals surface area contributed by atoms with E-state index in [0.717, 1.165) is 10.5 Å². The maximum Gasteiger partial charge on any atom is 0.471 e. The van der Waals surface area contributed by atoms with Crippen LogP contribution in [0.1, 0.15) is 17.9 Å². The van der Waals surface area contributed by atoms with E-state index in [1.165, 1.54) is 0 Å². The zero-order chi connectivity index (χ0) is 14.0. The fourth-order valence-corrected chi connectivity index (χ4v) is 2.46. The first kappa shape index (κ1) is 13.9. The molecule has 19 heavy (non-hydrogen) atoms. The van der Waals surface area contributed by atoms with E-state index >= 15 is 0 Å². The number of alkyl halides is 3. The highest BCUT2D eigenvalue weighted by molar-refractivity contribution is 5.82. The molecule has 0 spiro atoms. The molecule has 1 aromatic carbocycles. The van der Waals surface area contributed by atoms with Crippen LogP contribution in [0.25, 0.3) is 0 Å². The number of halogens is 3. The van der Waals surface area contributed by atoms with Gasteiger partial charge in [-0.15, -0.1) is 0 Å². The van der Waals surface area contributed by atoms with E-state index in [2.05, 4.69) is 0 Å². The van der Waals surface area contributed by atoms with Gasteiger partial charge in [0.15, 0.2) is 0 Å². The maximum atomic E-state index is 12.3. The average molecular weight is 272 g/mol. The monoisotopic (exact) mass is 272 g/mol. The third-order valence-electron chi connectivity index (χ3n) is 3.42. The van der Waals surface area contributed by atoms with E-state index in [4.69, 9.17) is 5.73 Å². The highest BCUT2D eigenvalue weighted by Gasteiger charge is 2.44. The minimum Gasteiger partial charge on any atom is -0.333 e. The van der Waals surface area contributed by atoms with Crippen molar-refractivity contribution in [3.63, 3.8) is 0 Å². The van der Waals surface area contributed by atoms with Gasteiger partial charge in [0, 0.05) is 25.0 Å². The second-order valence-corrected chi connectivity index (χ2v) is 4.72. The molecule has 6 heteroatoms. The summed E-state index contributed by atoms with van der Waals surface area (Å²) < 4.78 is 37.0. The number of piperidine rings is 1. The van der Waals surface area contributed by atoms with Crippen LogP contribution in [0.15, 0.2) is 30.3 Å². The highest BCUT2D eigenvalue weighted by Crippen LogP contribution is 2.29. The van der Waals surface area contributed by atoms with Crippen molar-refractivity contribution in [2.75, 3.05) is 13.1 Å². The Kier molecular flexibility index (Phi) is 3.80. The number of hydrogen-bond acceptors (Lipinski definition) is 2. The summed E-state index contributed by atoms with van der Waals surface area (Å²) in [6.45, 7) is 0.0313. The van der Waals surface area contributed by atoms with E-state index in [0.29, 0.717) is 6.42 Å². The minimum absolute atomic E-state index is 0.00140. The second kappa shape index (κ2) is 5.21. The Balaban J connectivity index is 2.05. The maximum absolute atomic E-state index is 12.3. The van der Waals surface area contributed by atoms with Crippen LogP contribution >= 0.6 is 0 Å². The number of rotatable bonds is 1. The summed E-state index contributed by atoms with van der Waals surface area (Å²) in [5.74, 6) is -1.80. The average Bonchev–Trinajstić information content (AvgIpc) is 2.37. The predicted molar refractivity (Wildman–Crippen MR) is 64.4 cm³/mol. The number of nitrogens with two attached hydrogens (primary N) is 1. The summed E-state index contributed by atoms with van der Waals surface area (Å²) in [4.78, 5) is 11.9. The molecule has 2 N–H and O–H groups in total. The standard InChI is InChI=1S/C13H15F3N2O/c14-13(15,16)12(19)18-7-6-10(11(17)8-18)9-4-2-1-3-5-9/h1-5,10-11H,6-8,17H2/t10-,11+/m1/s1. The Hall–Kier alpha value is -1.56. The van der Waals surface area contributed by atoms with Crippen molar-refractivity contribution in [3.05, 3.63) is 35.9 Å². The van der Waals surface area contributed by atoms with Gasteiger partial charge in [0.2, 0.25) is 0 Å². The molecular weight excluding hydrogens is 257 g/mol. The minimum atomic E-state index is -4.82. The number of nitrogens with zero attached hydrogens (tertiary/aromatic N) is 1. The molecule has 0 unspecified atom stereocenters. The van der Waals surface area contributed by atoms with Crippen molar-refractivity contribution in [1.29, 1.82) is 0 Å². The van der Waals surface area contributed by atoms with Gasteiger partial charge in [0.05, 0.1) is 0 Å². The lowest BCUT2D eigenvalue weighted by molar-refractivity contribution is -0.186. The van der Waals surface area contributed by atoms with Crippen LogP contribution in [-0.2, 0) is 4.79 Å². The Morgan fingerprint density at radius 2 is 1.89 bits per heavy atom. The van der Waals surface area contributed by atoms with Crippen LogP contribution in [0.3, 0.4) is 0 Å². The zero-order valence-corrected chi connectivity index (χ0v) is 10.2. The third kappa shape index (κ3) is 3.07. The molecule has 2 rings (SSSR count). The Bertz CT molecular complexity index is 447. The van der Waals surface area contributed by atoms with E-state index in [1.807, 2.05) is 30.3 Å². The first-order valence-corrected chi connectivity index (χ1v) is 6.06. The molecular formula is C13H15F3N2O. The fourth-order valence-electron chi connectivity index (χ4n) is 2.46. The first-order chi connectivity index (χ1) is 8.89. The quantitative estimate of drug-likeness (QED) is 0.848. The lowest BCUT2D eigenvalue weighted by Crippen LogP contribution is -2.52. The first-order valence-electron chi connectivity index (χ1n) is 6.06. The van der Waals surface area contributed by atoms with Crippen LogP contribution in [0.5, 0.6) is 0 Å². The molecule has 2 atom stereocenters. The largest absolute Gasteiger partial charge is 0.471 e. The number of benzene rings is 1. The number of carbonyl (C=O) groups excluding carboxylic acids is 1. The summed E-state index contributed by atoms with van der Waals surface area (Å²) in [7, 11) is 0. The molecule has 0 bridgehead atoms. The second-order valence-electron chi connectivity index (χ2n) is 4.72. The van der Waals surface area contributed by atoms with Gasteiger partial charge in [-0.05, 0) is 12.0 Å². The van der Waals surface area contributed by atoms with Gasteiger partial charge in [0.1, 0.15) is 0 Å². The molecule has 104 valence electrons. The molecule has 1 aromatic rings. The number of likely N-dealkylation sites (tertiary alicyclic amines) is 1. The molecule has 0 aromatic heterocycles. The lowest BCUT2D eigenvalue weighted by Gasteiger charge is -2.37. The molecule has 0 aliphatic carbocycles. The van der Waals surface area contributed by atoms with Gasteiger partial charge in [-0.2, -0.15) is 13.2 Å². The van der Waals surface area contributed by atoms with Gasteiger partial charge >= 0.3 is 12.1 Å². The summed E-state index contributed by atoms with van der Waals surface area (Å²) in [6.07, 6.45) is -4.37. The van der Waals surface area contributed by atoms with Crippen LogP contribution in [-0.4, -0.2) is 36.1 Å². The molecule has 0 saturated carbocycles. The zero-order valence-electron chi connectivity index (χ0n) is 10.2. The van der Waals surface area contributed by atoms with Gasteiger partial charge in [-0.3, -0.25) is 4.79 Å². The Labute approximate surface area is 109 Å². The smallest absolute Gasteiger partial charge is 0.333 e. The van der Waals surface area contributed by atoms with Crippen LogP contribution in [0.2, 0.25) is 0 Å². The van der Waals surface area contributed by atoms with Crippen molar-refractivity contribution >= 4 is 5.91 Å². The topological polar surface area (TPSA) is 46.3 Å². The van der Waals surface area contributed by atoms with Crippen molar-refractivity contribution < 1.29 is 18.0 Å². The molecule has 1 amide bonds. The fraction of sp³-hybridized carbons (Fsp3) is 0.462. The summed E-state index contributed by atoms with van der Waals surface area (Å²) >= 11 is 0. The SMILES string of the molecule is N[C@H]1CN(C(=O)C(F)(F)F)CC[C@@H]1c1ccccc1.